The fourth-order valence-electron chi connectivity index (χ4n) is 2.24. The van der Waals surface area contributed by atoms with Crippen molar-refractivity contribution in [2.45, 2.75) is 70.6 Å². The van der Waals surface area contributed by atoms with E-state index in [0.717, 1.165) is 19.3 Å². The lowest BCUT2D eigenvalue weighted by Gasteiger charge is -2.31. The Morgan fingerprint density at radius 3 is 2.53 bits per heavy atom. The van der Waals surface area contributed by atoms with E-state index in [9.17, 15) is 13.6 Å². The van der Waals surface area contributed by atoms with Crippen molar-refractivity contribution in [3.63, 3.8) is 0 Å². The van der Waals surface area contributed by atoms with Gasteiger partial charge in [-0.3, -0.25) is 0 Å². The molecule has 1 aliphatic carbocycles. The smallest absolute Gasteiger partial charge is 0.407 e. The van der Waals surface area contributed by atoms with Crippen molar-refractivity contribution < 1.29 is 18.3 Å². The molecule has 0 aromatic carbocycles. The van der Waals surface area contributed by atoms with Crippen molar-refractivity contribution in [2.24, 2.45) is 0 Å². The average Bonchev–Trinajstić information content (AvgIpc) is 2.24. The van der Waals surface area contributed by atoms with E-state index in [2.05, 4.69) is 10.6 Å². The van der Waals surface area contributed by atoms with Crippen LogP contribution in [0.25, 0.3) is 0 Å². The van der Waals surface area contributed by atoms with Crippen LogP contribution in [-0.2, 0) is 4.74 Å². The Morgan fingerprint density at radius 2 is 1.95 bits per heavy atom. The molecule has 0 radical (unpaired) electrons. The van der Waals surface area contributed by atoms with Gasteiger partial charge in [0.15, 0.2) is 0 Å². The number of halogens is 2. The van der Waals surface area contributed by atoms with Gasteiger partial charge in [-0.2, -0.15) is 0 Å². The van der Waals surface area contributed by atoms with Gasteiger partial charge in [0.2, 0.25) is 0 Å². The van der Waals surface area contributed by atoms with Gasteiger partial charge in [-0.1, -0.05) is 0 Å². The van der Waals surface area contributed by atoms with Gasteiger partial charge < -0.3 is 15.4 Å². The van der Waals surface area contributed by atoms with Gasteiger partial charge >= 0.3 is 6.09 Å². The molecule has 19 heavy (non-hydrogen) atoms. The molecule has 1 saturated carbocycles. The summed E-state index contributed by atoms with van der Waals surface area (Å²) < 4.78 is 29.4. The minimum Gasteiger partial charge on any atom is -0.444 e. The third kappa shape index (κ3) is 7.30. The zero-order valence-corrected chi connectivity index (χ0v) is 11.8. The number of nitrogens with one attached hydrogen (secondary N) is 2. The maximum absolute atomic E-state index is 12.1. The standard InChI is InChI=1S/C13H24F2N2O2/c1-13(2,3)19-12(18)17-10-6-4-5-9(7-10)16-8-11(14)15/h9-11,16H,4-8H2,1-3H3,(H,17,18). The van der Waals surface area contributed by atoms with Crippen LogP contribution in [0.5, 0.6) is 0 Å². The second kappa shape index (κ2) is 7.03. The van der Waals surface area contributed by atoms with E-state index in [1.54, 1.807) is 20.8 Å². The molecule has 0 aromatic rings. The number of hydrogen-bond donors (Lipinski definition) is 2. The van der Waals surface area contributed by atoms with Gasteiger partial charge in [-0.15, -0.1) is 0 Å². The molecule has 112 valence electrons. The summed E-state index contributed by atoms with van der Waals surface area (Å²) in [6.07, 6.45) is 0.560. The van der Waals surface area contributed by atoms with Crippen LogP contribution >= 0.6 is 0 Å². The van der Waals surface area contributed by atoms with Crippen LogP contribution in [0.1, 0.15) is 46.5 Å². The molecule has 6 heteroatoms. The van der Waals surface area contributed by atoms with Crippen molar-refractivity contribution in [3.05, 3.63) is 0 Å². The lowest BCUT2D eigenvalue weighted by molar-refractivity contribution is 0.0486. The molecular formula is C13H24F2N2O2. The third-order valence-corrected chi connectivity index (χ3v) is 2.96. The molecule has 0 heterocycles. The molecule has 0 bridgehead atoms. The average molecular weight is 278 g/mol. The fourth-order valence-corrected chi connectivity index (χ4v) is 2.24. The summed E-state index contributed by atoms with van der Waals surface area (Å²) in [5, 5.41) is 5.63. The number of hydrogen-bond acceptors (Lipinski definition) is 3. The van der Waals surface area contributed by atoms with Crippen LogP contribution in [0.2, 0.25) is 0 Å². The number of carbonyl (C=O) groups excluding carboxylic acids is 1. The van der Waals surface area contributed by atoms with E-state index in [-0.39, 0.29) is 18.6 Å². The Hall–Kier alpha value is -0.910. The maximum atomic E-state index is 12.1. The highest BCUT2D eigenvalue weighted by atomic mass is 19.3. The Morgan fingerprint density at radius 1 is 1.32 bits per heavy atom. The van der Waals surface area contributed by atoms with Gasteiger partial charge in [0, 0.05) is 12.1 Å². The van der Waals surface area contributed by atoms with Crippen LogP contribution in [-0.4, -0.2) is 36.7 Å². The quantitative estimate of drug-likeness (QED) is 0.831. The minimum absolute atomic E-state index is 0.00114. The van der Waals surface area contributed by atoms with Crippen molar-refractivity contribution >= 4 is 6.09 Å². The highest BCUT2D eigenvalue weighted by Crippen LogP contribution is 2.19. The summed E-state index contributed by atoms with van der Waals surface area (Å²) in [7, 11) is 0. The maximum Gasteiger partial charge on any atom is 0.407 e. The molecule has 0 saturated heterocycles. The van der Waals surface area contributed by atoms with Crippen LogP contribution < -0.4 is 10.6 Å². The number of carbonyl (C=O) groups is 1. The Balaban J connectivity index is 2.32. The first-order valence-electron chi connectivity index (χ1n) is 6.77. The predicted octanol–water partition coefficient (Wildman–Crippen LogP) is 2.68. The molecule has 4 nitrogen and oxygen atoms in total. The molecule has 1 aliphatic rings. The second-order valence-corrected chi connectivity index (χ2v) is 6.01. The Bertz CT molecular complexity index is 293. The highest BCUT2D eigenvalue weighted by Gasteiger charge is 2.25. The van der Waals surface area contributed by atoms with Crippen molar-refractivity contribution in [1.82, 2.24) is 10.6 Å². The van der Waals surface area contributed by atoms with Gasteiger partial charge in [-0.05, 0) is 46.5 Å². The molecule has 1 fully saturated rings. The molecular weight excluding hydrogens is 254 g/mol. The summed E-state index contributed by atoms with van der Waals surface area (Å²) in [6, 6.07) is 0.0430. The van der Waals surface area contributed by atoms with Crippen molar-refractivity contribution in [2.75, 3.05) is 6.54 Å². The monoisotopic (exact) mass is 278 g/mol. The van der Waals surface area contributed by atoms with E-state index in [1.807, 2.05) is 0 Å². The minimum atomic E-state index is -2.33. The lowest BCUT2D eigenvalue weighted by atomic mass is 9.91. The number of amides is 1. The van der Waals surface area contributed by atoms with E-state index in [1.165, 1.54) is 0 Å². The van der Waals surface area contributed by atoms with E-state index >= 15 is 0 Å². The van der Waals surface area contributed by atoms with Crippen molar-refractivity contribution in [1.29, 1.82) is 0 Å². The summed E-state index contributed by atoms with van der Waals surface area (Å²) >= 11 is 0. The van der Waals surface area contributed by atoms with Crippen molar-refractivity contribution in [3.8, 4) is 0 Å². The lowest BCUT2D eigenvalue weighted by Crippen LogP contribution is -2.46. The third-order valence-electron chi connectivity index (χ3n) is 2.96. The SMILES string of the molecule is CC(C)(C)OC(=O)NC1CCCC(NCC(F)F)C1. The first-order valence-corrected chi connectivity index (χ1v) is 6.77. The van der Waals surface area contributed by atoms with E-state index in [0.29, 0.717) is 6.42 Å². The summed E-state index contributed by atoms with van der Waals surface area (Å²) in [5.74, 6) is 0. The first-order chi connectivity index (χ1) is 8.76. The van der Waals surface area contributed by atoms with Gasteiger partial charge in [0.1, 0.15) is 5.60 Å². The van der Waals surface area contributed by atoms with Gasteiger partial charge in [-0.25, -0.2) is 13.6 Å². The van der Waals surface area contributed by atoms with Crippen LogP contribution in [0, 0.1) is 0 Å². The van der Waals surface area contributed by atoms with E-state index < -0.39 is 18.1 Å². The summed E-state index contributed by atoms with van der Waals surface area (Å²) in [6.45, 7) is 5.13. The number of alkyl halides is 2. The second-order valence-electron chi connectivity index (χ2n) is 6.01. The highest BCUT2D eigenvalue weighted by molar-refractivity contribution is 5.68. The summed E-state index contributed by atoms with van der Waals surface area (Å²) in [5.41, 5.74) is -0.522. The topological polar surface area (TPSA) is 50.4 Å². The number of ether oxygens (including phenoxy) is 1. The zero-order chi connectivity index (χ0) is 14.5. The first kappa shape index (κ1) is 16.1. The summed E-state index contributed by atoms with van der Waals surface area (Å²) in [4.78, 5) is 11.6. The molecule has 0 aliphatic heterocycles. The predicted molar refractivity (Wildman–Crippen MR) is 69.4 cm³/mol. The molecule has 2 atom stereocenters. The molecule has 0 aromatic heterocycles. The van der Waals surface area contributed by atoms with Crippen LogP contribution in [0.3, 0.4) is 0 Å². The number of alkyl carbamates (subject to hydrolysis) is 1. The molecule has 1 rings (SSSR count). The zero-order valence-electron chi connectivity index (χ0n) is 11.8. The molecule has 1 amide bonds. The van der Waals surface area contributed by atoms with Gasteiger partial charge in [0.05, 0.1) is 6.54 Å². The van der Waals surface area contributed by atoms with Gasteiger partial charge in [0.25, 0.3) is 6.43 Å². The molecule has 0 spiro atoms. The normalized spacial score (nSPS) is 24.3. The Kier molecular flexibility index (Phi) is 5.97. The van der Waals surface area contributed by atoms with Crippen LogP contribution in [0.15, 0.2) is 0 Å². The van der Waals surface area contributed by atoms with E-state index in [4.69, 9.17) is 4.74 Å². The fraction of sp³-hybridized carbons (Fsp3) is 0.923. The number of rotatable bonds is 4. The molecule has 2 unspecified atom stereocenters. The molecule has 2 N–H and O–H groups in total. The Labute approximate surface area is 113 Å². The largest absolute Gasteiger partial charge is 0.444 e. The van der Waals surface area contributed by atoms with Crippen LogP contribution in [0.4, 0.5) is 13.6 Å².